The molecule has 7 heteroatoms. The number of carbonyl (C=O) groups excluding carboxylic acids is 1. The molecule has 3 rings (SSSR count). The predicted molar refractivity (Wildman–Crippen MR) is 65.8 cm³/mol. The lowest BCUT2D eigenvalue weighted by atomic mass is 9.85. The summed E-state index contributed by atoms with van der Waals surface area (Å²) in [7, 11) is 0. The third-order valence-corrected chi connectivity index (χ3v) is 4.32. The summed E-state index contributed by atoms with van der Waals surface area (Å²) in [5, 5.41) is 3.97. The number of hydrogen-bond acceptors (Lipinski definition) is 6. The minimum atomic E-state index is 0.194. The highest BCUT2D eigenvalue weighted by atomic mass is 32.1. The van der Waals surface area contributed by atoms with E-state index in [4.69, 9.17) is 5.73 Å². The third kappa shape index (κ3) is 2.06. The van der Waals surface area contributed by atoms with Crippen LogP contribution in [-0.4, -0.2) is 34.4 Å². The summed E-state index contributed by atoms with van der Waals surface area (Å²) >= 11 is 1.35. The largest absolute Gasteiger partial charge is 0.367 e. The third-order valence-electron chi connectivity index (χ3n) is 3.52. The number of aromatic nitrogens is 2. The molecule has 3 N–H and O–H groups in total. The number of nitrogens with one attached hydrogen (secondary N) is 1. The van der Waals surface area contributed by atoms with Gasteiger partial charge in [-0.2, -0.15) is 9.36 Å². The molecule has 0 spiro atoms. The van der Waals surface area contributed by atoms with Crippen LogP contribution in [0.15, 0.2) is 0 Å². The number of anilines is 2. The lowest BCUT2D eigenvalue weighted by Gasteiger charge is -2.41. The van der Waals surface area contributed by atoms with E-state index < -0.39 is 0 Å². The fraction of sp³-hybridized carbons (Fsp3) is 0.700. The molecule has 2 atom stereocenters. The van der Waals surface area contributed by atoms with Crippen LogP contribution in [0.2, 0.25) is 0 Å². The molecule has 2 fully saturated rings. The molecule has 2 unspecified atom stereocenters. The van der Waals surface area contributed by atoms with Crippen molar-refractivity contribution in [3.05, 3.63) is 0 Å². The van der Waals surface area contributed by atoms with E-state index in [1.807, 2.05) is 0 Å². The Morgan fingerprint density at radius 1 is 1.47 bits per heavy atom. The molecule has 2 aliphatic rings. The van der Waals surface area contributed by atoms with Crippen molar-refractivity contribution in [2.24, 2.45) is 5.92 Å². The average Bonchev–Trinajstić information content (AvgIpc) is 2.75. The van der Waals surface area contributed by atoms with E-state index >= 15 is 0 Å². The number of rotatable bonds is 1. The highest BCUT2D eigenvalue weighted by Crippen LogP contribution is 2.29. The van der Waals surface area contributed by atoms with Crippen LogP contribution in [0.3, 0.4) is 0 Å². The van der Waals surface area contributed by atoms with Gasteiger partial charge in [-0.15, -0.1) is 0 Å². The summed E-state index contributed by atoms with van der Waals surface area (Å²) in [5.41, 5.74) is 5.54. The number of fused-ring (bicyclic) bond motifs is 1. The van der Waals surface area contributed by atoms with Crippen LogP contribution >= 0.6 is 11.5 Å². The van der Waals surface area contributed by atoms with E-state index in [0.29, 0.717) is 24.3 Å². The Hall–Kier alpha value is -1.37. The molecule has 0 bridgehead atoms. The highest BCUT2D eigenvalue weighted by molar-refractivity contribution is 7.09. The second kappa shape index (κ2) is 4.14. The Labute approximate surface area is 103 Å². The number of piperidine rings is 2. The number of carbonyl (C=O) groups is 1. The first-order valence-electron chi connectivity index (χ1n) is 5.86. The lowest BCUT2D eigenvalue weighted by molar-refractivity contribution is -0.124. The van der Waals surface area contributed by atoms with E-state index in [2.05, 4.69) is 19.6 Å². The molecule has 1 aromatic rings. The Bertz CT molecular complexity index is 434. The van der Waals surface area contributed by atoms with Gasteiger partial charge in [0.15, 0.2) is 0 Å². The smallest absolute Gasteiger partial charge is 0.233 e. The second-order valence-electron chi connectivity index (χ2n) is 4.64. The fourth-order valence-electron chi connectivity index (χ4n) is 2.64. The molecular weight excluding hydrogens is 238 g/mol. The van der Waals surface area contributed by atoms with Gasteiger partial charge in [-0.3, -0.25) is 4.79 Å². The molecular formula is C10H15N5OS. The van der Waals surface area contributed by atoms with Gasteiger partial charge in [0.25, 0.3) is 0 Å². The Kier molecular flexibility index (Phi) is 2.62. The maximum absolute atomic E-state index is 11.3. The van der Waals surface area contributed by atoms with Crippen molar-refractivity contribution in [2.45, 2.75) is 25.3 Å². The summed E-state index contributed by atoms with van der Waals surface area (Å²) in [4.78, 5) is 17.8. The van der Waals surface area contributed by atoms with Gasteiger partial charge in [-0.1, -0.05) is 0 Å². The zero-order chi connectivity index (χ0) is 11.8. The molecule has 1 amide bonds. The zero-order valence-electron chi connectivity index (χ0n) is 9.43. The second-order valence-corrected chi connectivity index (χ2v) is 5.37. The SMILES string of the molecule is Nc1nsc(N2CCC3NC(=O)CCC3C2)n1. The Balaban J connectivity index is 1.70. The van der Waals surface area contributed by atoms with Crippen molar-refractivity contribution in [2.75, 3.05) is 23.7 Å². The normalized spacial score (nSPS) is 28.7. The minimum Gasteiger partial charge on any atom is -0.367 e. The summed E-state index contributed by atoms with van der Waals surface area (Å²) in [6.07, 6.45) is 2.60. The topological polar surface area (TPSA) is 84.1 Å². The first-order valence-corrected chi connectivity index (χ1v) is 6.63. The van der Waals surface area contributed by atoms with Gasteiger partial charge < -0.3 is 16.0 Å². The predicted octanol–water partition coefficient (Wildman–Crippen LogP) is 0.225. The van der Waals surface area contributed by atoms with Crippen molar-refractivity contribution < 1.29 is 4.79 Å². The molecule has 0 aliphatic carbocycles. The van der Waals surface area contributed by atoms with E-state index in [1.54, 1.807) is 0 Å². The van der Waals surface area contributed by atoms with E-state index in [1.165, 1.54) is 11.5 Å². The number of nitrogen functional groups attached to an aromatic ring is 1. The Morgan fingerprint density at radius 2 is 2.35 bits per heavy atom. The summed E-state index contributed by atoms with van der Waals surface area (Å²) in [6.45, 7) is 1.86. The molecule has 0 saturated carbocycles. The highest BCUT2D eigenvalue weighted by Gasteiger charge is 2.34. The molecule has 3 heterocycles. The van der Waals surface area contributed by atoms with Crippen LogP contribution in [0, 0.1) is 5.92 Å². The van der Waals surface area contributed by atoms with Gasteiger partial charge in [-0.05, 0) is 18.8 Å². The van der Waals surface area contributed by atoms with Crippen LogP contribution in [0.25, 0.3) is 0 Å². The number of nitrogens with two attached hydrogens (primary N) is 1. The van der Waals surface area contributed by atoms with E-state index in [-0.39, 0.29) is 5.91 Å². The molecule has 6 nitrogen and oxygen atoms in total. The quantitative estimate of drug-likeness (QED) is 0.748. The van der Waals surface area contributed by atoms with Gasteiger partial charge in [0.05, 0.1) is 0 Å². The summed E-state index contributed by atoms with van der Waals surface area (Å²) in [6, 6.07) is 0.345. The lowest BCUT2D eigenvalue weighted by Crippen LogP contribution is -2.54. The maximum atomic E-state index is 11.3. The fourth-order valence-corrected chi connectivity index (χ4v) is 3.27. The van der Waals surface area contributed by atoms with Crippen molar-refractivity contribution in [3.8, 4) is 0 Å². The average molecular weight is 253 g/mol. The van der Waals surface area contributed by atoms with Crippen LogP contribution in [0.4, 0.5) is 11.1 Å². The van der Waals surface area contributed by atoms with Gasteiger partial charge in [-0.25, -0.2) is 0 Å². The Morgan fingerprint density at radius 3 is 3.12 bits per heavy atom. The molecule has 1 aromatic heterocycles. The molecule has 17 heavy (non-hydrogen) atoms. The monoisotopic (exact) mass is 253 g/mol. The van der Waals surface area contributed by atoms with E-state index in [9.17, 15) is 4.79 Å². The summed E-state index contributed by atoms with van der Waals surface area (Å²) < 4.78 is 4.00. The first-order chi connectivity index (χ1) is 8.22. The van der Waals surface area contributed by atoms with E-state index in [0.717, 1.165) is 31.1 Å². The van der Waals surface area contributed by atoms with Crippen molar-refractivity contribution >= 4 is 28.5 Å². The van der Waals surface area contributed by atoms with Gasteiger partial charge >= 0.3 is 0 Å². The van der Waals surface area contributed by atoms with Crippen LogP contribution in [0.5, 0.6) is 0 Å². The summed E-state index contributed by atoms with van der Waals surface area (Å²) in [5.74, 6) is 1.08. The maximum Gasteiger partial charge on any atom is 0.233 e. The van der Waals surface area contributed by atoms with Crippen LogP contribution in [0.1, 0.15) is 19.3 Å². The molecule has 0 radical (unpaired) electrons. The molecule has 0 aromatic carbocycles. The van der Waals surface area contributed by atoms with Crippen LogP contribution in [-0.2, 0) is 4.79 Å². The molecule has 92 valence electrons. The first kappa shape index (κ1) is 10.8. The standard InChI is InChI=1S/C10H15N5OS/c11-9-13-10(17-14-9)15-4-3-7-6(5-15)1-2-8(16)12-7/h6-7H,1-5H2,(H2,11,14)(H,12,16). The number of amides is 1. The van der Waals surface area contributed by atoms with Gasteiger partial charge in [0.2, 0.25) is 17.0 Å². The number of hydrogen-bond donors (Lipinski definition) is 2. The van der Waals surface area contributed by atoms with Gasteiger partial charge in [0.1, 0.15) is 0 Å². The zero-order valence-corrected chi connectivity index (χ0v) is 10.2. The number of nitrogens with zero attached hydrogens (tertiary/aromatic N) is 3. The van der Waals surface area contributed by atoms with Gasteiger partial charge in [0, 0.05) is 37.1 Å². The molecule has 2 aliphatic heterocycles. The minimum absolute atomic E-state index is 0.194. The van der Waals surface area contributed by atoms with Crippen molar-refractivity contribution in [1.29, 1.82) is 0 Å². The molecule has 2 saturated heterocycles. The van der Waals surface area contributed by atoms with Crippen molar-refractivity contribution in [3.63, 3.8) is 0 Å². The van der Waals surface area contributed by atoms with Crippen molar-refractivity contribution in [1.82, 2.24) is 14.7 Å². The van der Waals surface area contributed by atoms with Crippen LogP contribution < -0.4 is 16.0 Å².